The number of hydrogen-bond acceptors (Lipinski definition) is 1. The van der Waals surface area contributed by atoms with Crippen molar-refractivity contribution in [3.63, 3.8) is 0 Å². The number of benzene rings is 1. The van der Waals surface area contributed by atoms with Gasteiger partial charge in [-0.25, -0.2) is 0 Å². The Morgan fingerprint density at radius 3 is 2.53 bits per heavy atom. The molecule has 1 atom stereocenters. The highest BCUT2D eigenvalue weighted by Crippen LogP contribution is 2.20. The molecule has 0 bridgehead atoms. The fourth-order valence-electron chi connectivity index (χ4n) is 1.43. The van der Waals surface area contributed by atoms with E-state index in [0.717, 1.165) is 18.0 Å². The average molecular weight is 222 g/mol. The monoisotopic (exact) mass is 221 g/mol. The highest BCUT2D eigenvalue weighted by atomic mass is 35.5. The van der Waals surface area contributed by atoms with Crippen molar-refractivity contribution in [2.24, 2.45) is 0 Å². The fraction of sp³-hybridized carbons (Fsp3) is 0.385. The fourth-order valence-corrected chi connectivity index (χ4v) is 1.56. The zero-order chi connectivity index (χ0) is 11.3. The number of rotatable bonds is 4. The van der Waals surface area contributed by atoms with Crippen LogP contribution in [0.1, 0.15) is 24.9 Å². The van der Waals surface area contributed by atoms with Crippen LogP contribution in [0.25, 0.3) is 0 Å². The lowest BCUT2D eigenvalue weighted by molar-refractivity contribution is 0.268. The molecule has 0 aliphatic carbocycles. The topological polar surface area (TPSA) is 3.24 Å². The van der Waals surface area contributed by atoms with Crippen LogP contribution in [0.5, 0.6) is 0 Å². The molecule has 0 saturated carbocycles. The molecule has 0 saturated heterocycles. The third kappa shape index (κ3) is 3.58. The Morgan fingerprint density at radius 1 is 1.40 bits per heavy atom. The molecule has 1 nitrogen and oxygen atoms in total. The molecule has 0 radical (unpaired) electrons. The van der Waals surface area contributed by atoms with E-state index < -0.39 is 0 Å². The molecular formula is C13H16ClN. The molecule has 0 N–H and O–H groups in total. The summed E-state index contributed by atoms with van der Waals surface area (Å²) in [6.07, 6.45) is 6.03. The van der Waals surface area contributed by atoms with Crippen molar-refractivity contribution in [1.82, 2.24) is 4.90 Å². The average Bonchev–Trinajstić information content (AvgIpc) is 2.26. The lowest BCUT2D eigenvalue weighted by Gasteiger charge is -2.24. The van der Waals surface area contributed by atoms with Gasteiger partial charge in [0.25, 0.3) is 0 Å². The summed E-state index contributed by atoms with van der Waals surface area (Å²) in [4.78, 5) is 2.24. The van der Waals surface area contributed by atoms with E-state index in [-0.39, 0.29) is 0 Å². The predicted molar refractivity (Wildman–Crippen MR) is 65.9 cm³/mol. The summed E-state index contributed by atoms with van der Waals surface area (Å²) in [6.45, 7) is 3.08. The van der Waals surface area contributed by atoms with Crippen molar-refractivity contribution in [2.45, 2.75) is 19.4 Å². The number of hydrogen-bond donors (Lipinski definition) is 0. The lowest BCUT2D eigenvalue weighted by Crippen LogP contribution is -2.23. The van der Waals surface area contributed by atoms with Crippen molar-refractivity contribution < 1.29 is 0 Å². The lowest BCUT2D eigenvalue weighted by atomic mass is 10.1. The summed E-state index contributed by atoms with van der Waals surface area (Å²) in [6, 6.07) is 8.32. The van der Waals surface area contributed by atoms with Gasteiger partial charge in [-0.2, -0.15) is 0 Å². The van der Waals surface area contributed by atoms with Gasteiger partial charge in [-0.3, -0.25) is 4.90 Å². The largest absolute Gasteiger partial charge is 0.299 e. The highest BCUT2D eigenvalue weighted by Gasteiger charge is 2.10. The van der Waals surface area contributed by atoms with Crippen LogP contribution in [0, 0.1) is 12.3 Å². The van der Waals surface area contributed by atoms with Gasteiger partial charge in [-0.05, 0) is 31.7 Å². The minimum Gasteiger partial charge on any atom is -0.299 e. The van der Waals surface area contributed by atoms with E-state index in [2.05, 4.69) is 36.9 Å². The summed E-state index contributed by atoms with van der Waals surface area (Å²) in [7, 11) is 2.08. The second kappa shape index (κ2) is 5.80. The molecule has 0 aliphatic heterocycles. The summed E-state index contributed by atoms with van der Waals surface area (Å²) in [5.74, 6) is 2.65. The normalized spacial score (nSPS) is 12.5. The molecule has 0 fully saturated rings. The van der Waals surface area contributed by atoms with Crippen LogP contribution >= 0.6 is 11.6 Å². The van der Waals surface area contributed by atoms with Gasteiger partial charge in [-0.15, -0.1) is 12.3 Å². The zero-order valence-corrected chi connectivity index (χ0v) is 9.96. The van der Waals surface area contributed by atoms with E-state index in [4.69, 9.17) is 18.0 Å². The maximum absolute atomic E-state index is 5.84. The zero-order valence-electron chi connectivity index (χ0n) is 9.20. The maximum Gasteiger partial charge on any atom is 0.0406 e. The summed E-state index contributed by atoms with van der Waals surface area (Å²) >= 11 is 5.84. The van der Waals surface area contributed by atoms with E-state index in [1.54, 1.807) is 0 Å². The van der Waals surface area contributed by atoms with Crippen molar-refractivity contribution >= 4 is 11.6 Å². The molecule has 80 valence electrons. The molecule has 2 heteroatoms. The van der Waals surface area contributed by atoms with E-state index in [1.807, 2.05) is 12.1 Å². The third-order valence-corrected chi connectivity index (χ3v) is 2.87. The van der Waals surface area contributed by atoms with Crippen LogP contribution < -0.4 is 0 Å². The molecule has 1 rings (SSSR count). The summed E-state index contributed by atoms with van der Waals surface area (Å²) in [5, 5.41) is 0.775. The molecule has 0 spiro atoms. The second-order valence-corrected chi connectivity index (χ2v) is 4.10. The SMILES string of the molecule is C#CCCN(C)C(C)c1ccc(Cl)cc1. The molecular weight excluding hydrogens is 206 g/mol. The van der Waals surface area contributed by atoms with Crippen LogP contribution in [0.2, 0.25) is 5.02 Å². The Labute approximate surface area is 97.0 Å². The van der Waals surface area contributed by atoms with Crippen molar-refractivity contribution in [1.29, 1.82) is 0 Å². The van der Waals surface area contributed by atoms with Crippen LogP contribution in [-0.4, -0.2) is 18.5 Å². The van der Waals surface area contributed by atoms with Gasteiger partial charge >= 0.3 is 0 Å². The minimum absolute atomic E-state index is 0.371. The Hall–Kier alpha value is -0.970. The molecule has 0 aromatic heterocycles. The van der Waals surface area contributed by atoms with Crippen molar-refractivity contribution in [2.75, 3.05) is 13.6 Å². The minimum atomic E-state index is 0.371. The van der Waals surface area contributed by atoms with Crippen LogP contribution in [0.3, 0.4) is 0 Å². The Morgan fingerprint density at radius 2 is 2.00 bits per heavy atom. The maximum atomic E-state index is 5.84. The second-order valence-electron chi connectivity index (χ2n) is 3.66. The quantitative estimate of drug-likeness (QED) is 0.705. The molecule has 0 amide bonds. The van der Waals surface area contributed by atoms with E-state index in [1.165, 1.54) is 5.56 Å². The predicted octanol–water partition coefficient (Wildman–Crippen LogP) is 3.36. The van der Waals surface area contributed by atoms with Crippen LogP contribution in [-0.2, 0) is 0 Å². The summed E-state index contributed by atoms with van der Waals surface area (Å²) < 4.78 is 0. The smallest absolute Gasteiger partial charge is 0.0406 e. The number of terminal acetylenes is 1. The Bertz CT molecular complexity index is 337. The van der Waals surface area contributed by atoms with Gasteiger partial charge in [0.1, 0.15) is 0 Å². The van der Waals surface area contributed by atoms with Gasteiger partial charge in [0.2, 0.25) is 0 Å². The van der Waals surface area contributed by atoms with E-state index in [0.29, 0.717) is 6.04 Å². The van der Waals surface area contributed by atoms with Crippen LogP contribution in [0.4, 0.5) is 0 Å². The van der Waals surface area contributed by atoms with E-state index in [9.17, 15) is 0 Å². The van der Waals surface area contributed by atoms with Gasteiger partial charge in [0.15, 0.2) is 0 Å². The van der Waals surface area contributed by atoms with Crippen molar-refractivity contribution in [3.05, 3.63) is 34.9 Å². The Balaban J connectivity index is 2.63. The molecule has 1 unspecified atom stereocenters. The number of nitrogens with zero attached hydrogens (tertiary/aromatic N) is 1. The first-order chi connectivity index (χ1) is 7.15. The first-order valence-electron chi connectivity index (χ1n) is 5.04. The third-order valence-electron chi connectivity index (χ3n) is 2.62. The van der Waals surface area contributed by atoms with Gasteiger partial charge in [0, 0.05) is 24.0 Å². The standard InChI is InChI=1S/C13H16ClN/c1-4-5-10-15(3)11(2)12-6-8-13(14)9-7-12/h1,6-9,11H,5,10H2,2-3H3. The first-order valence-corrected chi connectivity index (χ1v) is 5.42. The van der Waals surface area contributed by atoms with E-state index >= 15 is 0 Å². The van der Waals surface area contributed by atoms with Crippen molar-refractivity contribution in [3.8, 4) is 12.3 Å². The molecule has 0 aliphatic rings. The molecule has 1 aromatic rings. The first kappa shape index (κ1) is 12.1. The van der Waals surface area contributed by atoms with Gasteiger partial charge in [0.05, 0.1) is 0 Å². The van der Waals surface area contributed by atoms with Gasteiger partial charge < -0.3 is 0 Å². The highest BCUT2D eigenvalue weighted by molar-refractivity contribution is 6.30. The molecule has 0 heterocycles. The summed E-state index contributed by atoms with van der Waals surface area (Å²) in [5.41, 5.74) is 1.26. The van der Waals surface area contributed by atoms with Crippen LogP contribution in [0.15, 0.2) is 24.3 Å². The molecule has 1 aromatic carbocycles. The molecule has 15 heavy (non-hydrogen) atoms. The number of halogens is 1. The van der Waals surface area contributed by atoms with Gasteiger partial charge in [-0.1, -0.05) is 23.7 Å². The Kier molecular flexibility index (Phi) is 4.68.